The Bertz CT molecular complexity index is 448. The van der Waals surface area contributed by atoms with E-state index in [1.807, 2.05) is 26.0 Å². The Kier molecular flexibility index (Phi) is 5.96. The number of carboxylic acid groups (broad SMARTS) is 1. The highest BCUT2D eigenvalue weighted by Crippen LogP contribution is 2.06. The fourth-order valence-electron chi connectivity index (χ4n) is 1.86. The first-order chi connectivity index (χ1) is 9.40. The maximum absolute atomic E-state index is 12.3. The lowest BCUT2D eigenvalue weighted by atomic mass is 10.2. The van der Waals surface area contributed by atoms with Crippen LogP contribution in [0, 0.1) is 5.92 Å². The molecule has 1 N–H and O–H groups in total. The van der Waals surface area contributed by atoms with Gasteiger partial charge in [-0.1, -0.05) is 19.9 Å². The second-order valence-corrected chi connectivity index (χ2v) is 5.13. The van der Waals surface area contributed by atoms with Crippen molar-refractivity contribution < 1.29 is 14.7 Å². The molecule has 20 heavy (non-hydrogen) atoms. The lowest BCUT2D eigenvalue weighted by molar-refractivity contribution is -0.137. The van der Waals surface area contributed by atoms with Crippen LogP contribution in [0.4, 0.5) is 4.79 Å². The number of urea groups is 1. The second kappa shape index (κ2) is 7.47. The van der Waals surface area contributed by atoms with E-state index >= 15 is 0 Å². The lowest BCUT2D eigenvalue weighted by Crippen LogP contribution is -2.45. The Hall–Kier alpha value is -2.11. The normalized spacial score (nSPS) is 10.4. The van der Waals surface area contributed by atoms with Crippen LogP contribution in [0.25, 0.3) is 0 Å². The lowest BCUT2D eigenvalue weighted by Gasteiger charge is -2.28. The van der Waals surface area contributed by atoms with Gasteiger partial charge in [-0.3, -0.25) is 9.78 Å². The van der Waals surface area contributed by atoms with Crippen molar-refractivity contribution in [3.05, 3.63) is 30.1 Å². The first-order valence-corrected chi connectivity index (χ1v) is 6.52. The summed E-state index contributed by atoms with van der Waals surface area (Å²) in [4.78, 5) is 30.1. The molecule has 1 heterocycles. The summed E-state index contributed by atoms with van der Waals surface area (Å²) in [7, 11) is 1.65. The van der Waals surface area contributed by atoms with Crippen molar-refractivity contribution in [2.45, 2.75) is 20.4 Å². The summed E-state index contributed by atoms with van der Waals surface area (Å²) in [6.45, 7) is 4.37. The number of pyridine rings is 1. The summed E-state index contributed by atoms with van der Waals surface area (Å²) in [6.07, 6.45) is 1.66. The van der Waals surface area contributed by atoms with Crippen LogP contribution in [0.2, 0.25) is 0 Å². The molecule has 0 radical (unpaired) electrons. The SMILES string of the molecule is CC(C)CN(CC(=O)O)C(=O)N(C)Cc1ccccn1. The third kappa shape index (κ3) is 5.26. The van der Waals surface area contributed by atoms with E-state index in [4.69, 9.17) is 5.11 Å². The van der Waals surface area contributed by atoms with E-state index in [-0.39, 0.29) is 18.5 Å². The molecule has 6 nitrogen and oxygen atoms in total. The summed E-state index contributed by atoms with van der Waals surface area (Å²) in [5, 5.41) is 8.89. The van der Waals surface area contributed by atoms with Crippen LogP contribution < -0.4 is 0 Å². The number of carbonyl (C=O) groups excluding carboxylic acids is 1. The van der Waals surface area contributed by atoms with E-state index in [0.717, 1.165) is 5.69 Å². The molecule has 0 saturated carbocycles. The first-order valence-electron chi connectivity index (χ1n) is 6.52. The number of hydrogen-bond donors (Lipinski definition) is 1. The van der Waals surface area contributed by atoms with Crippen LogP contribution in [0.1, 0.15) is 19.5 Å². The van der Waals surface area contributed by atoms with Gasteiger partial charge in [0.25, 0.3) is 0 Å². The predicted molar refractivity (Wildman–Crippen MR) is 75.1 cm³/mol. The third-order valence-corrected chi connectivity index (χ3v) is 2.63. The largest absolute Gasteiger partial charge is 0.480 e. The molecule has 0 saturated heterocycles. The summed E-state index contributed by atoms with van der Waals surface area (Å²) >= 11 is 0. The Balaban J connectivity index is 2.69. The van der Waals surface area contributed by atoms with Crippen LogP contribution in [0.3, 0.4) is 0 Å². The zero-order valence-corrected chi connectivity index (χ0v) is 12.1. The van der Waals surface area contributed by atoms with Crippen LogP contribution in [0.5, 0.6) is 0 Å². The number of carbonyl (C=O) groups is 2. The zero-order chi connectivity index (χ0) is 15.1. The number of hydrogen-bond acceptors (Lipinski definition) is 3. The Labute approximate surface area is 119 Å². The third-order valence-electron chi connectivity index (χ3n) is 2.63. The van der Waals surface area contributed by atoms with E-state index in [9.17, 15) is 9.59 Å². The minimum atomic E-state index is -1.01. The van der Waals surface area contributed by atoms with Crippen molar-refractivity contribution in [3.63, 3.8) is 0 Å². The summed E-state index contributed by atoms with van der Waals surface area (Å²) in [6, 6.07) is 5.19. The Morgan fingerprint density at radius 1 is 1.35 bits per heavy atom. The van der Waals surface area contributed by atoms with Crippen LogP contribution >= 0.6 is 0 Å². The van der Waals surface area contributed by atoms with Crippen LogP contribution in [0.15, 0.2) is 24.4 Å². The maximum atomic E-state index is 12.3. The molecular weight excluding hydrogens is 258 g/mol. The molecule has 1 aromatic heterocycles. The standard InChI is InChI=1S/C14H21N3O3/c1-11(2)8-17(10-13(18)19)14(20)16(3)9-12-6-4-5-7-15-12/h4-7,11H,8-10H2,1-3H3,(H,18,19). The minimum absolute atomic E-state index is 0.210. The molecule has 0 aliphatic rings. The summed E-state index contributed by atoms with van der Waals surface area (Å²) in [5.74, 6) is -0.799. The minimum Gasteiger partial charge on any atom is -0.480 e. The van der Waals surface area contributed by atoms with Gasteiger partial charge in [0, 0.05) is 19.8 Å². The molecule has 0 spiro atoms. The van der Waals surface area contributed by atoms with Crippen LogP contribution in [-0.4, -0.2) is 52.0 Å². The highest BCUT2D eigenvalue weighted by Gasteiger charge is 2.21. The van der Waals surface area contributed by atoms with Gasteiger partial charge in [0.1, 0.15) is 6.54 Å². The zero-order valence-electron chi connectivity index (χ0n) is 12.1. The molecule has 1 rings (SSSR count). The topological polar surface area (TPSA) is 73.7 Å². The molecule has 6 heteroatoms. The maximum Gasteiger partial charge on any atom is 0.323 e. The van der Waals surface area contributed by atoms with Gasteiger partial charge in [-0.25, -0.2) is 4.79 Å². The smallest absolute Gasteiger partial charge is 0.323 e. The quantitative estimate of drug-likeness (QED) is 0.859. The molecule has 0 atom stereocenters. The summed E-state index contributed by atoms with van der Waals surface area (Å²) < 4.78 is 0. The number of aromatic nitrogens is 1. The van der Waals surface area contributed by atoms with Gasteiger partial charge >= 0.3 is 12.0 Å². The van der Waals surface area contributed by atoms with E-state index in [1.54, 1.807) is 19.3 Å². The van der Waals surface area contributed by atoms with Crippen LogP contribution in [-0.2, 0) is 11.3 Å². The molecule has 0 bridgehead atoms. The Morgan fingerprint density at radius 3 is 2.55 bits per heavy atom. The molecule has 110 valence electrons. The highest BCUT2D eigenvalue weighted by atomic mass is 16.4. The first kappa shape index (κ1) is 15.9. The average Bonchev–Trinajstić information content (AvgIpc) is 2.37. The van der Waals surface area contributed by atoms with Crippen molar-refractivity contribution in [1.82, 2.24) is 14.8 Å². The van der Waals surface area contributed by atoms with Crippen molar-refractivity contribution in [2.75, 3.05) is 20.1 Å². The van der Waals surface area contributed by atoms with Gasteiger partial charge in [0.05, 0.1) is 12.2 Å². The molecular formula is C14H21N3O3. The fourth-order valence-corrected chi connectivity index (χ4v) is 1.86. The van der Waals surface area contributed by atoms with E-state index in [1.165, 1.54) is 9.80 Å². The molecule has 2 amide bonds. The highest BCUT2D eigenvalue weighted by molar-refractivity contribution is 5.80. The van der Waals surface area contributed by atoms with Crippen molar-refractivity contribution in [1.29, 1.82) is 0 Å². The van der Waals surface area contributed by atoms with Crippen molar-refractivity contribution >= 4 is 12.0 Å². The molecule has 0 aliphatic heterocycles. The molecule has 0 unspecified atom stereocenters. The number of rotatable bonds is 6. The molecule has 0 fully saturated rings. The number of aliphatic carboxylic acids is 1. The molecule has 0 aromatic carbocycles. The summed E-state index contributed by atoms with van der Waals surface area (Å²) in [5.41, 5.74) is 0.767. The molecule has 0 aliphatic carbocycles. The van der Waals surface area contributed by atoms with E-state index in [2.05, 4.69) is 4.98 Å². The number of carboxylic acids is 1. The average molecular weight is 279 g/mol. The van der Waals surface area contributed by atoms with Crippen molar-refractivity contribution in [2.24, 2.45) is 5.92 Å². The van der Waals surface area contributed by atoms with Gasteiger partial charge in [0.15, 0.2) is 0 Å². The molecule has 1 aromatic rings. The van der Waals surface area contributed by atoms with E-state index < -0.39 is 5.97 Å². The van der Waals surface area contributed by atoms with Gasteiger partial charge < -0.3 is 14.9 Å². The van der Waals surface area contributed by atoms with E-state index in [0.29, 0.717) is 13.1 Å². The van der Waals surface area contributed by atoms with Gasteiger partial charge in [-0.15, -0.1) is 0 Å². The van der Waals surface area contributed by atoms with Crippen molar-refractivity contribution in [3.8, 4) is 0 Å². The number of amides is 2. The van der Waals surface area contributed by atoms with Gasteiger partial charge in [0.2, 0.25) is 0 Å². The van der Waals surface area contributed by atoms with Gasteiger partial charge in [-0.05, 0) is 18.1 Å². The number of nitrogens with zero attached hydrogens (tertiary/aromatic N) is 3. The monoisotopic (exact) mass is 279 g/mol. The predicted octanol–water partition coefficient (Wildman–Crippen LogP) is 1.68. The fraction of sp³-hybridized carbons (Fsp3) is 0.500. The second-order valence-electron chi connectivity index (χ2n) is 5.13. The Morgan fingerprint density at radius 2 is 2.05 bits per heavy atom. The van der Waals surface area contributed by atoms with Gasteiger partial charge in [-0.2, -0.15) is 0 Å².